The number of pyridine rings is 1. The van der Waals surface area contributed by atoms with Crippen LogP contribution < -0.4 is 0 Å². The van der Waals surface area contributed by atoms with Crippen molar-refractivity contribution in [2.75, 3.05) is 0 Å². The lowest BCUT2D eigenvalue weighted by Gasteiger charge is -1.70. The van der Waals surface area contributed by atoms with Crippen LogP contribution >= 0.6 is 17.0 Å². The third-order valence-corrected chi connectivity index (χ3v) is 1.04. The number of hydrogen-bond acceptors (Lipinski definition) is 3. The van der Waals surface area contributed by atoms with Crippen LogP contribution in [-0.4, -0.2) is 15.0 Å². The predicted octanol–water partition coefficient (Wildman–Crippen LogP) is 2.14. The third kappa shape index (κ3) is 7.08. The standard InChI is InChI=1S/C5H5N.C4H4N2.BrH/c1-2-4-6-5-3-1;1-2-5-4-6-3-1;/h1-5H;1-4H;1H. The van der Waals surface area contributed by atoms with Crippen molar-refractivity contribution >= 4 is 17.0 Å². The zero-order valence-electron chi connectivity index (χ0n) is 6.95. The van der Waals surface area contributed by atoms with Crippen molar-refractivity contribution in [3.63, 3.8) is 0 Å². The second-order valence-electron chi connectivity index (χ2n) is 1.93. The van der Waals surface area contributed by atoms with Crippen molar-refractivity contribution in [1.29, 1.82) is 0 Å². The Bertz CT molecular complexity index is 190. The topological polar surface area (TPSA) is 38.7 Å². The first-order chi connectivity index (χ1) is 6.00. The highest BCUT2D eigenvalue weighted by Crippen LogP contribution is 1.73. The Morgan fingerprint density at radius 2 is 1.08 bits per heavy atom. The monoisotopic (exact) mass is 239 g/mol. The van der Waals surface area contributed by atoms with Gasteiger partial charge in [0, 0.05) is 24.8 Å². The van der Waals surface area contributed by atoms with Gasteiger partial charge in [0.1, 0.15) is 6.33 Å². The number of nitrogens with zero attached hydrogens (tertiary/aromatic N) is 3. The Morgan fingerprint density at radius 1 is 0.538 bits per heavy atom. The number of rotatable bonds is 0. The summed E-state index contributed by atoms with van der Waals surface area (Å²) in [6.45, 7) is 0. The second kappa shape index (κ2) is 8.80. The third-order valence-electron chi connectivity index (χ3n) is 1.04. The first kappa shape index (κ1) is 11.7. The molecule has 2 rings (SSSR count). The fourth-order valence-electron chi connectivity index (χ4n) is 0.566. The van der Waals surface area contributed by atoms with Gasteiger partial charge in [-0.25, -0.2) is 9.97 Å². The van der Waals surface area contributed by atoms with E-state index in [9.17, 15) is 0 Å². The quantitative estimate of drug-likeness (QED) is 0.708. The molecule has 0 aliphatic carbocycles. The molecule has 0 spiro atoms. The maximum absolute atomic E-state index is 3.78. The molecule has 2 aromatic heterocycles. The van der Waals surface area contributed by atoms with Crippen molar-refractivity contribution in [3.8, 4) is 0 Å². The highest BCUT2D eigenvalue weighted by atomic mass is 79.9. The van der Waals surface area contributed by atoms with E-state index in [4.69, 9.17) is 0 Å². The molecule has 0 unspecified atom stereocenters. The summed E-state index contributed by atoms with van der Waals surface area (Å²) in [6, 6.07) is 7.49. The molecular weight excluding hydrogens is 230 g/mol. The van der Waals surface area contributed by atoms with Crippen LogP contribution in [-0.2, 0) is 0 Å². The summed E-state index contributed by atoms with van der Waals surface area (Å²) >= 11 is 0. The molecule has 0 aliphatic heterocycles. The van der Waals surface area contributed by atoms with E-state index < -0.39 is 0 Å². The van der Waals surface area contributed by atoms with E-state index in [1.807, 2.05) is 18.2 Å². The van der Waals surface area contributed by atoms with Crippen molar-refractivity contribution in [1.82, 2.24) is 15.0 Å². The van der Waals surface area contributed by atoms with Crippen LogP contribution in [0.5, 0.6) is 0 Å². The molecule has 0 fully saturated rings. The Morgan fingerprint density at radius 3 is 1.23 bits per heavy atom. The summed E-state index contributed by atoms with van der Waals surface area (Å²) in [5, 5.41) is 0. The van der Waals surface area contributed by atoms with Crippen LogP contribution in [0.2, 0.25) is 0 Å². The van der Waals surface area contributed by atoms with Gasteiger partial charge in [-0.15, -0.1) is 17.0 Å². The van der Waals surface area contributed by atoms with Crippen LogP contribution in [0.3, 0.4) is 0 Å². The summed E-state index contributed by atoms with van der Waals surface area (Å²) < 4.78 is 0. The predicted molar refractivity (Wildman–Crippen MR) is 56.6 cm³/mol. The van der Waals surface area contributed by atoms with Crippen molar-refractivity contribution in [3.05, 3.63) is 55.4 Å². The SMILES string of the molecule is Br.c1ccncc1.c1cncnc1. The van der Waals surface area contributed by atoms with Gasteiger partial charge in [0.05, 0.1) is 0 Å². The molecule has 3 nitrogen and oxygen atoms in total. The van der Waals surface area contributed by atoms with E-state index in [0.29, 0.717) is 0 Å². The highest BCUT2D eigenvalue weighted by Gasteiger charge is 1.59. The molecule has 0 N–H and O–H groups in total. The van der Waals surface area contributed by atoms with Crippen molar-refractivity contribution in [2.24, 2.45) is 0 Å². The number of hydrogen-bond donors (Lipinski definition) is 0. The second-order valence-corrected chi connectivity index (χ2v) is 1.93. The summed E-state index contributed by atoms with van der Waals surface area (Å²) in [4.78, 5) is 11.1. The Hall–Kier alpha value is -1.29. The van der Waals surface area contributed by atoms with E-state index in [1.165, 1.54) is 6.33 Å². The molecule has 0 aromatic carbocycles. The zero-order chi connectivity index (χ0) is 8.49. The molecule has 0 amide bonds. The van der Waals surface area contributed by atoms with Gasteiger partial charge in [-0.3, -0.25) is 4.98 Å². The van der Waals surface area contributed by atoms with E-state index in [2.05, 4.69) is 15.0 Å². The van der Waals surface area contributed by atoms with Crippen LogP contribution in [0, 0.1) is 0 Å². The Labute approximate surface area is 87.7 Å². The summed E-state index contributed by atoms with van der Waals surface area (Å²) in [5.41, 5.74) is 0. The van der Waals surface area contributed by atoms with Crippen LogP contribution in [0.15, 0.2) is 55.4 Å². The normalized spacial score (nSPS) is 7.38. The molecule has 0 radical (unpaired) electrons. The van der Waals surface area contributed by atoms with Gasteiger partial charge in [0.25, 0.3) is 0 Å². The van der Waals surface area contributed by atoms with Gasteiger partial charge in [0.15, 0.2) is 0 Å². The maximum atomic E-state index is 3.78. The summed E-state index contributed by atoms with van der Waals surface area (Å²) in [5.74, 6) is 0. The van der Waals surface area contributed by atoms with Crippen molar-refractivity contribution < 1.29 is 0 Å². The fourth-order valence-corrected chi connectivity index (χ4v) is 0.566. The van der Waals surface area contributed by atoms with Crippen molar-refractivity contribution in [2.45, 2.75) is 0 Å². The van der Waals surface area contributed by atoms with Gasteiger partial charge in [-0.05, 0) is 18.2 Å². The molecule has 68 valence electrons. The van der Waals surface area contributed by atoms with E-state index in [-0.39, 0.29) is 17.0 Å². The molecule has 2 aromatic rings. The maximum Gasteiger partial charge on any atom is 0.115 e. The number of halogens is 1. The lowest BCUT2D eigenvalue weighted by atomic mass is 10.5. The summed E-state index contributed by atoms with van der Waals surface area (Å²) in [6.07, 6.45) is 8.38. The summed E-state index contributed by atoms with van der Waals surface area (Å²) in [7, 11) is 0. The van der Waals surface area contributed by atoms with Crippen LogP contribution in [0.1, 0.15) is 0 Å². The zero-order valence-corrected chi connectivity index (χ0v) is 8.66. The molecule has 0 atom stereocenters. The number of aromatic nitrogens is 3. The molecule has 0 saturated heterocycles. The Balaban J connectivity index is 0.000000206. The average Bonchev–Trinajstić information content (AvgIpc) is 2.24. The molecule has 0 bridgehead atoms. The fraction of sp³-hybridized carbons (Fsp3) is 0. The lowest BCUT2D eigenvalue weighted by molar-refractivity contribution is 1.17. The molecule has 13 heavy (non-hydrogen) atoms. The van der Waals surface area contributed by atoms with E-state index in [1.54, 1.807) is 30.9 Å². The molecule has 4 heteroatoms. The van der Waals surface area contributed by atoms with Gasteiger partial charge in [-0.2, -0.15) is 0 Å². The molecular formula is C9H10BrN3. The lowest BCUT2D eigenvalue weighted by Crippen LogP contribution is -1.66. The van der Waals surface area contributed by atoms with Crippen LogP contribution in [0.4, 0.5) is 0 Å². The smallest absolute Gasteiger partial charge is 0.115 e. The average molecular weight is 240 g/mol. The first-order valence-electron chi connectivity index (χ1n) is 3.55. The minimum Gasteiger partial charge on any atom is -0.265 e. The minimum absolute atomic E-state index is 0. The molecule has 0 aliphatic rings. The Kier molecular flexibility index (Phi) is 7.93. The molecule has 0 saturated carbocycles. The van der Waals surface area contributed by atoms with E-state index >= 15 is 0 Å². The highest BCUT2D eigenvalue weighted by molar-refractivity contribution is 8.93. The van der Waals surface area contributed by atoms with Gasteiger partial charge in [-0.1, -0.05) is 6.07 Å². The molecule has 2 heterocycles. The van der Waals surface area contributed by atoms with Gasteiger partial charge in [0.2, 0.25) is 0 Å². The van der Waals surface area contributed by atoms with E-state index in [0.717, 1.165) is 0 Å². The van der Waals surface area contributed by atoms with Gasteiger partial charge >= 0.3 is 0 Å². The van der Waals surface area contributed by atoms with Crippen LogP contribution in [0.25, 0.3) is 0 Å². The largest absolute Gasteiger partial charge is 0.265 e. The first-order valence-corrected chi connectivity index (χ1v) is 3.55. The van der Waals surface area contributed by atoms with Gasteiger partial charge < -0.3 is 0 Å². The minimum atomic E-state index is 0.